The first-order chi connectivity index (χ1) is 8.11. The Balaban J connectivity index is 0.00000289. The van der Waals surface area contributed by atoms with Crippen LogP contribution in [0.25, 0.3) is 0 Å². The molecule has 6 N–H and O–H groups in total. The van der Waals surface area contributed by atoms with E-state index in [1.807, 2.05) is 18.2 Å². The number of hydrogen-bond donors (Lipinski definition) is 3. The van der Waals surface area contributed by atoms with Crippen molar-refractivity contribution in [2.24, 2.45) is 27.2 Å². The van der Waals surface area contributed by atoms with Crippen molar-refractivity contribution in [3.63, 3.8) is 0 Å². The van der Waals surface area contributed by atoms with Gasteiger partial charge in [-0.05, 0) is 18.4 Å². The molecule has 0 aromatic heterocycles. The van der Waals surface area contributed by atoms with Crippen LogP contribution < -0.4 is 17.2 Å². The van der Waals surface area contributed by atoms with Crippen LogP contribution >= 0.6 is 12.4 Å². The first-order valence-corrected chi connectivity index (χ1v) is 5.58. The van der Waals surface area contributed by atoms with Gasteiger partial charge in [-0.1, -0.05) is 37.3 Å². The monoisotopic (exact) mass is 269 g/mol. The van der Waals surface area contributed by atoms with E-state index in [2.05, 4.69) is 29.0 Å². The molecule has 1 unspecified atom stereocenters. The van der Waals surface area contributed by atoms with E-state index in [1.54, 1.807) is 0 Å². The van der Waals surface area contributed by atoms with Gasteiger partial charge in [0.05, 0.1) is 6.04 Å². The van der Waals surface area contributed by atoms with Gasteiger partial charge < -0.3 is 17.2 Å². The van der Waals surface area contributed by atoms with Crippen molar-refractivity contribution in [3.05, 3.63) is 35.9 Å². The number of guanidine groups is 2. The zero-order valence-electron chi connectivity index (χ0n) is 10.4. The summed E-state index contributed by atoms with van der Waals surface area (Å²) in [5.74, 6) is 0.0635. The average molecular weight is 270 g/mol. The molecule has 6 heteroatoms. The molecule has 5 nitrogen and oxygen atoms in total. The molecular weight excluding hydrogens is 250 g/mol. The summed E-state index contributed by atoms with van der Waals surface area (Å²) in [6.45, 7) is 2.06. The van der Waals surface area contributed by atoms with Crippen molar-refractivity contribution in [2.45, 2.75) is 25.8 Å². The van der Waals surface area contributed by atoms with Crippen LogP contribution in [-0.2, 0) is 6.42 Å². The van der Waals surface area contributed by atoms with Crippen molar-refractivity contribution in [2.75, 3.05) is 0 Å². The van der Waals surface area contributed by atoms with E-state index >= 15 is 0 Å². The molecule has 0 amide bonds. The van der Waals surface area contributed by atoms with Gasteiger partial charge in [0.2, 0.25) is 5.96 Å². The molecular formula is C12H20ClN5. The molecule has 0 fully saturated rings. The van der Waals surface area contributed by atoms with Crippen molar-refractivity contribution in [1.29, 1.82) is 0 Å². The highest BCUT2D eigenvalue weighted by atomic mass is 35.5. The zero-order chi connectivity index (χ0) is 12.7. The molecule has 0 saturated carbocycles. The molecule has 0 saturated heterocycles. The van der Waals surface area contributed by atoms with Gasteiger partial charge in [0.1, 0.15) is 0 Å². The number of halogens is 1. The first-order valence-electron chi connectivity index (χ1n) is 5.58. The van der Waals surface area contributed by atoms with Gasteiger partial charge in [0.25, 0.3) is 0 Å². The number of hydrogen-bond acceptors (Lipinski definition) is 1. The SMILES string of the molecule is CCC(Cc1ccccc1)N=C(N)N=C(N)N.Cl. The highest BCUT2D eigenvalue weighted by Crippen LogP contribution is 2.08. The summed E-state index contributed by atoms with van der Waals surface area (Å²) < 4.78 is 0. The Kier molecular flexibility index (Phi) is 7.54. The maximum atomic E-state index is 5.61. The van der Waals surface area contributed by atoms with Gasteiger partial charge >= 0.3 is 0 Å². The van der Waals surface area contributed by atoms with Gasteiger partial charge in [0.15, 0.2) is 5.96 Å². The highest BCUT2D eigenvalue weighted by molar-refractivity contribution is 5.92. The largest absolute Gasteiger partial charge is 0.370 e. The molecule has 0 aliphatic carbocycles. The Hall–Kier alpha value is -1.75. The molecule has 18 heavy (non-hydrogen) atoms. The fraction of sp³-hybridized carbons (Fsp3) is 0.333. The van der Waals surface area contributed by atoms with Crippen molar-refractivity contribution >= 4 is 24.3 Å². The lowest BCUT2D eigenvalue weighted by Gasteiger charge is -2.10. The smallest absolute Gasteiger partial charge is 0.218 e. The van der Waals surface area contributed by atoms with E-state index in [9.17, 15) is 0 Å². The van der Waals surface area contributed by atoms with Gasteiger partial charge in [-0.15, -0.1) is 12.4 Å². The molecule has 0 spiro atoms. The van der Waals surface area contributed by atoms with Crippen molar-refractivity contribution in [1.82, 2.24) is 0 Å². The molecule has 0 aliphatic rings. The molecule has 0 aliphatic heterocycles. The quantitative estimate of drug-likeness (QED) is 0.561. The number of nitrogens with zero attached hydrogens (tertiary/aromatic N) is 2. The summed E-state index contributed by atoms with van der Waals surface area (Å²) >= 11 is 0. The predicted octanol–water partition coefficient (Wildman–Crippen LogP) is 1.02. The normalized spacial score (nSPS) is 12.4. The lowest BCUT2D eigenvalue weighted by atomic mass is 10.0. The van der Waals surface area contributed by atoms with Crippen LogP contribution in [0.2, 0.25) is 0 Å². The second kappa shape index (κ2) is 8.36. The number of benzene rings is 1. The number of aliphatic imine (C=N–C) groups is 2. The molecule has 1 atom stereocenters. The minimum Gasteiger partial charge on any atom is -0.370 e. The summed E-state index contributed by atoms with van der Waals surface area (Å²) in [7, 11) is 0. The fourth-order valence-electron chi connectivity index (χ4n) is 1.52. The third-order valence-electron chi connectivity index (χ3n) is 2.34. The number of nitrogens with two attached hydrogens (primary N) is 3. The fourth-order valence-corrected chi connectivity index (χ4v) is 1.52. The third kappa shape index (κ3) is 6.10. The maximum Gasteiger partial charge on any atom is 0.218 e. The van der Waals surface area contributed by atoms with Gasteiger partial charge in [0, 0.05) is 0 Å². The Morgan fingerprint density at radius 3 is 2.28 bits per heavy atom. The van der Waals surface area contributed by atoms with Crippen LogP contribution in [0, 0.1) is 0 Å². The minimum atomic E-state index is -0.0687. The average Bonchev–Trinajstić information content (AvgIpc) is 2.28. The molecule has 1 aromatic rings. The topological polar surface area (TPSA) is 103 Å². The lowest BCUT2D eigenvalue weighted by Crippen LogP contribution is -2.27. The van der Waals surface area contributed by atoms with Crippen LogP contribution in [0.4, 0.5) is 0 Å². The minimum absolute atomic E-state index is 0. The van der Waals surface area contributed by atoms with E-state index in [0.29, 0.717) is 0 Å². The maximum absolute atomic E-state index is 5.61. The van der Waals surface area contributed by atoms with Crippen LogP contribution in [0.1, 0.15) is 18.9 Å². The Labute approximate surface area is 114 Å². The van der Waals surface area contributed by atoms with Crippen LogP contribution in [0.5, 0.6) is 0 Å². The van der Waals surface area contributed by atoms with Crippen molar-refractivity contribution in [3.8, 4) is 0 Å². The molecule has 1 aromatic carbocycles. The van der Waals surface area contributed by atoms with E-state index in [-0.39, 0.29) is 30.4 Å². The summed E-state index contributed by atoms with van der Waals surface area (Å²) in [6.07, 6.45) is 1.72. The van der Waals surface area contributed by atoms with E-state index < -0.39 is 0 Å². The first kappa shape index (κ1) is 16.2. The molecule has 0 heterocycles. The summed E-state index contributed by atoms with van der Waals surface area (Å²) in [5.41, 5.74) is 17.3. The van der Waals surface area contributed by atoms with Gasteiger partial charge in [-0.3, -0.25) is 0 Å². The summed E-state index contributed by atoms with van der Waals surface area (Å²) in [5, 5.41) is 0. The molecule has 1 rings (SSSR count). The van der Waals surface area contributed by atoms with E-state index in [1.165, 1.54) is 5.56 Å². The summed E-state index contributed by atoms with van der Waals surface area (Å²) in [4.78, 5) is 7.98. The zero-order valence-corrected chi connectivity index (χ0v) is 11.2. The van der Waals surface area contributed by atoms with Gasteiger partial charge in [-0.25, -0.2) is 4.99 Å². The third-order valence-corrected chi connectivity index (χ3v) is 2.34. The van der Waals surface area contributed by atoms with E-state index in [0.717, 1.165) is 12.8 Å². The number of rotatable bonds is 4. The molecule has 100 valence electrons. The summed E-state index contributed by atoms with van der Waals surface area (Å²) in [6, 6.07) is 10.2. The van der Waals surface area contributed by atoms with E-state index in [4.69, 9.17) is 17.2 Å². The Morgan fingerprint density at radius 2 is 1.78 bits per heavy atom. The predicted molar refractivity (Wildman–Crippen MR) is 78.9 cm³/mol. The second-order valence-corrected chi connectivity index (χ2v) is 3.78. The van der Waals surface area contributed by atoms with Gasteiger partial charge in [-0.2, -0.15) is 4.99 Å². The van der Waals surface area contributed by atoms with Crippen LogP contribution in [0.3, 0.4) is 0 Å². The Morgan fingerprint density at radius 1 is 1.17 bits per heavy atom. The standard InChI is InChI=1S/C12H19N5.ClH/c1-2-10(16-12(15)17-11(13)14)8-9-6-4-3-5-7-9;/h3-7,10H,2,8H2,1H3,(H6,13,14,15,16,17);1H. The van der Waals surface area contributed by atoms with Crippen molar-refractivity contribution < 1.29 is 0 Å². The lowest BCUT2D eigenvalue weighted by molar-refractivity contribution is 0.647. The molecule has 0 bridgehead atoms. The van der Waals surface area contributed by atoms with Crippen LogP contribution in [-0.4, -0.2) is 18.0 Å². The molecule has 0 radical (unpaired) electrons. The highest BCUT2D eigenvalue weighted by Gasteiger charge is 2.06. The van der Waals surface area contributed by atoms with Crippen LogP contribution in [0.15, 0.2) is 40.3 Å². The Bertz CT molecular complexity index is 398. The second-order valence-electron chi connectivity index (χ2n) is 3.78.